The van der Waals surface area contributed by atoms with Crippen molar-refractivity contribution in [3.63, 3.8) is 0 Å². The second-order valence-electron chi connectivity index (χ2n) is 4.32. The van der Waals surface area contributed by atoms with Crippen LogP contribution in [-0.2, 0) is 0 Å². The normalized spacial score (nSPS) is 11.7. The highest BCUT2D eigenvalue weighted by atomic mass is 19.1. The molecule has 2 nitrogen and oxygen atoms in total. The third-order valence-electron chi connectivity index (χ3n) is 3.04. The van der Waals surface area contributed by atoms with Gasteiger partial charge in [0.05, 0.1) is 5.69 Å². The second kappa shape index (κ2) is 5.30. The largest absolute Gasteiger partial charge is 0.303 e. The summed E-state index contributed by atoms with van der Waals surface area (Å²) in [5.41, 5.74) is 3.53. The number of aromatic nitrogens is 1. The van der Waals surface area contributed by atoms with Crippen molar-refractivity contribution in [2.24, 2.45) is 4.99 Å². The standard InChI is InChI=1S/C14H13BF2N2/c1-8-5-13(19-7-11(8)14(15)18-2)10-4-3-9(16)6-12(10)17/h3-7H,15H2,1-2H3/b18-14+. The lowest BCUT2D eigenvalue weighted by Crippen LogP contribution is -2.04. The van der Waals surface area contributed by atoms with Gasteiger partial charge in [-0.15, -0.1) is 0 Å². The molecule has 96 valence electrons. The van der Waals surface area contributed by atoms with Crippen molar-refractivity contribution in [1.29, 1.82) is 0 Å². The Labute approximate surface area is 111 Å². The highest BCUT2D eigenvalue weighted by molar-refractivity contribution is 6.64. The first-order chi connectivity index (χ1) is 9.02. The van der Waals surface area contributed by atoms with Crippen LogP contribution in [0.15, 0.2) is 35.5 Å². The fourth-order valence-electron chi connectivity index (χ4n) is 1.90. The minimum absolute atomic E-state index is 0.294. The molecular formula is C14H13BF2N2. The second-order valence-corrected chi connectivity index (χ2v) is 4.32. The molecule has 0 saturated heterocycles. The van der Waals surface area contributed by atoms with Crippen LogP contribution in [0.25, 0.3) is 11.3 Å². The molecule has 1 aromatic carbocycles. The zero-order chi connectivity index (χ0) is 14.0. The van der Waals surface area contributed by atoms with Gasteiger partial charge in [0.2, 0.25) is 0 Å². The smallest absolute Gasteiger partial charge is 0.164 e. The Hall–Kier alpha value is -2.04. The van der Waals surface area contributed by atoms with Gasteiger partial charge in [0, 0.05) is 30.4 Å². The van der Waals surface area contributed by atoms with E-state index in [1.165, 1.54) is 12.1 Å². The topological polar surface area (TPSA) is 25.2 Å². The van der Waals surface area contributed by atoms with Crippen molar-refractivity contribution in [2.45, 2.75) is 6.92 Å². The van der Waals surface area contributed by atoms with E-state index >= 15 is 0 Å². The highest BCUT2D eigenvalue weighted by Crippen LogP contribution is 2.23. The first-order valence-corrected chi connectivity index (χ1v) is 5.88. The molecule has 1 aromatic heterocycles. The number of hydrogen-bond acceptors (Lipinski definition) is 2. The molecule has 0 fully saturated rings. The maximum absolute atomic E-state index is 13.7. The fourth-order valence-corrected chi connectivity index (χ4v) is 1.90. The average Bonchev–Trinajstić information content (AvgIpc) is 2.37. The lowest BCUT2D eigenvalue weighted by Gasteiger charge is -2.08. The molecule has 0 amide bonds. The minimum Gasteiger partial charge on any atom is -0.303 e. The number of hydrogen-bond donors (Lipinski definition) is 0. The van der Waals surface area contributed by atoms with E-state index in [1.54, 1.807) is 19.3 Å². The summed E-state index contributed by atoms with van der Waals surface area (Å²) in [7, 11) is 3.60. The van der Waals surface area contributed by atoms with Gasteiger partial charge < -0.3 is 4.99 Å². The van der Waals surface area contributed by atoms with Gasteiger partial charge in [-0.05, 0) is 36.3 Å². The van der Waals surface area contributed by atoms with Gasteiger partial charge in [0.1, 0.15) is 11.6 Å². The van der Waals surface area contributed by atoms with Crippen LogP contribution in [0.4, 0.5) is 8.78 Å². The van der Waals surface area contributed by atoms with Crippen molar-refractivity contribution >= 4 is 13.5 Å². The predicted octanol–water partition coefficient (Wildman–Crippen LogP) is 2.34. The van der Waals surface area contributed by atoms with E-state index in [-0.39, 0.29) is 0 Å². The predicted molar refractivity (Wildman–Crippen MR) is 75.3 cm³/mol. The number of nitrogens with zero attached hydrogens (tertiary/aromatic N) is 2. The van der Waals surface area contributed by atoms with Crippen LogP contribution in [0.3, 0.4) is 0 Å². The molecule has 2 rings (SSSR count). The monoisotopic (exact) mass is 258 g/mol. The van der Waals surface area contributed by atoms with E-state index < -0.39 is 11.6 Å². The van der Waals surface area contributed by atoms with Crippen molar-refractivity contribution in [3.8, 4) is 11.3 Å². The zero-order valence-corrected chi connectivity index (χ0v) is 11.0. The molecule has 0 aliphatic heterocycles. The molecule has 0 bridgehead atoms. The van der Waals surface area contributed by atoms with Gasteiger partial charge >= 0.3 is 0 Å². The quantitative estimate of drug-likeness (QED) is 0.599. The van der Waals surface area contributed by atoms with E-state index in [4.69, 9.17) is 0 Å². The Bertz CT molecular complexity index is 654. The Morgan fingerprint density at radius 2 is 2.00 bits per heavy atom. The number of aryl methyl sites for hydroxylation is 1. The van der Waals surface area contributed by atoms with E-state index in [0.29, 0.717) is 11.3 Å². The Morgan fingerprint density at radius 3 is 2.58 bits per heavy atom. The summed E-state index contributed by atoms with van der Waals surface area (Å²) in [5.74, 6) is -1.20. The molecule has 5 heteroatoms. The summed E-state index contributed by atoms with van der Waals surface area (Å²) in [5, 5.41) is 0. The van der Waals surface area contributed by atoms with Gasteiger partial charge in [-0.2, -0.15) is 0 Å². The number of pyridine rings is 1. The number of halogens is 2. The third-order valence-corrected chi connectivity index (χ3v) is 3.04. The maximum atomic E-state index is 13.7. The molecule has 19 heavy (non-hydrogen) atoms. The molecule has 0 spiro atoms. The van der Waals surface area contributed by atoms with E-state index in [1.807, 2.05) is 14.8 Å². The molecule has 0 unspecified atom stereocenters. The molecule has 0 atom stereocenters. The lowest BCUT2D eigenvalue weighted by molar-refractivity contribution is 0.585. The number of aliphatic imine (C=N–C) groups is 1. The minimum atomic E-state index is -0.611. The summed E-state index contributed by atoms with van der Waals surface area (Å²) in [6.07, 6.45) is 1.66. The van der Waals surface area contributed by atoms with Crippen molar-refractivity contribution < 1.29 is 8.78 Å². The van der Waals surface area contributed by atoms with E-state index in [0.717, 1.165) is 22.8 Å². The summed E-state index contributed by atoms with van der Waals surface area (Å²) in [6.45, 7) is 1.91. The third kappa shape index (κ3) is 2.70. The molecule has 0 radical (unpaired) electrons. The van der Waals surface area contributed by atoms with E-state index in [2.05, 4.69) is 9.98 Å². The SMILES string of the molecule is B/C(=N/C)c1cnc(-c2ccc(F)cc2F)cc1C. The molecule has 0 aliphatic carbocycles. The van der Waals surface area contributed by atoms with E-state index in [9.17, 15) is 8.78 Å². The molecule has 0 N–H and O–H groups in total. The van der Waals surface area contributed by atoms with Gasteiger partial charge in [-0.1, -0.05) is 0 Å². The molecule has 0 saturated carbocycles. The van der Waals surface area contributed by atoms with Gasteiger partial charge in [-0.25, -0.2) is 8.78 Å². The Morgan fingerprint density at radius 1 is 1.26 bits per heavy atom. The first kappa shape index (κ1) is 13.4. The zero-order valence-electron chi connectivity index (χ0n) is 11.0. The van der Waals surface area contributed by atoms with Crippen LogP contribution in [0, 0.1) is 18.6 Å². The maximum Gasteiger partial charge on any atom is 0.164 e. The first-order valence-electron chi connectivity index (χ1n) is 5.88. The molecule has 2 aromatic rings. The van der Waals surface area contributed by atoms with Gasteiger partial charge in [0.25, 0.3) is 0 Å². The van der Waals surface area contributed by atoms with Crippen molar-refractivity contribution in [1.82, 2.24) is 4.98 Å². The van der Waals surface area contributed by atoms with Crippen LogP contribution in [-0.4, -0.2) is 25.5 Å². The van der Waals surface area contributed by atoms with Crippen molar-refractivity contribution in [2.75, 3.05) is 7.05 Å². The fraction of sp³-hybridized carbons (Fsp3) is 0.143. The molecular weight excluding hydrogens is 245 g/mol. The molecule has 0 aliphatic rings. The summed E-state index contributed by atoms with van der Waals surface area (Å²) in [4.78, 5) is 8.33. The highest BCUT2D eigenvalue weighted by Gasteiger charge is 2.10. The summed E-state index contributed by atoms with van der Waals surface area (Å²) < 4.78 is 26.6. The van der Waals surface area contributed by atoms with Crippen molar-refractivity contribution in [3.05, 3.63) is 53.2 Å². The van der Waals surface area contributed by atoms with Crippen LogP contribution < -0.4 is 0 Å². The van der Waals surface area contributed by atoms with Crippen LogP contribution in [0.5, 0.6) is 0 Å². The van der Waals surface area contributed by atoms with Crippen LogP contribution in [0.2, 0.25) is 0 Å². The lowest BCUT2D eigenvalue weighted by atomic mass is 9.91. The van der Waals surface area contributed by atoms with Crippen LogP contribution >= 0.6 is 0 Å². The summed E-state index contributed by atoms with van der Waals surface area (Å²) >= 11 is 0. The van der Waals surface area contributed by atoms with Crippen LogP contribution in [0.1, 0.15) is 11.1 Å². The molecule has 1 heterocycles. The average molecular weight is 258 g/mol. The number of rotatable bonds is 2. The van der Waals surface area contributed by atoms with Gasteiger partial charge in [-0.3, -0.25) is 4.98 Å². The van der Waals surface area contributed by atoms with Gasteiger partial charge in [0.15, 0.2) is 7.85 Å². The number of benzene rings is 1. The Balaban J connectivity index is 2.50. The Kier molecular flexibility index (Phi) is 3.74. The summed E-state index contributed by atoms with van der Waals surface area (Å²) in [6, 6.07) is 5.26.